The van der Waals surface area contributed by atoms with E-state index in [2.05, 4.69) is 191 Å². The third-order valence-corrected chi connectivity index (χ3v) is 11.4. The molecule has 0 amide bonds. The fourth-order valence-corrected chi connectivity index (χ4v) is 8.91. The number of para-hydroxylation sites is 3. The molecule has 9 aromatic carbocycles. The summed E-state index contributed by atoms with van der Waals surface area (Å²) in [6.07, 6.45) is 0. The Hall–Kier alpha value is -7.56. The van der Waals surface area contributed by atoms with E-state index >= 15 is 0 Å². The van der Waals surface area contributed by atoms with E-state index in [1.54, 1.807) is 0 Å². The summed E-state index contributed by atoms with van der Waals surface area (Å²) < 4.78 is 15.3. The van der Waals surface area contributed by atoms with Crippen molar-refractivity contribution >= 4 is 93.5 Å². The summed E-state index contributed by atoms with van der Waals surface area (Å²) in [5.41, 5.74) is 12.5. The summed E-state index contributed by atoms with van der Waals surface area (Å²) in [7, 11) is 0. The zero-order valence-electron chi connectivity index (χ0n) is 30.2. The molecule has 0 aliphatic carbocycles. The maximum atomic E-state index is 6.69. The third kappa shape index (κ3) is 4.53. The molecule has 12 rings (SSSR count). The summed E-state index contributed by atoms with van der Waals surface area (Å²) in [6.45, 7) is 0. The fourth-order valence-electron chi connectivity index (χ4n) is 8.91. The van der Waals surface area contributed by atoms with Gasteiger partial charge in [0.2, 0.25) is 0 Å². The van der Waals surface area contributed by atoms with Crippen molar-refractivity contribution in [3.63, 3.8) is 0 Å². The lowest BCUT2D eigenvalue weighted by Gasteiger charge is -2.26. The first-order valence-electron chi connectivity index (χ1n) is 19.0. The Kier molecular flexibility index (Phi) is 6.60. The molecule has 3 aromatic heterocycles. The van der Waals surface area contributed by atoms with E-state index in [0.29, 0.717) is 0 Å². The van der Waals surface area contributed by atoms with E-state index in [1.807, 2.05) is 12.1 Å². The first-order valence-corrected chi connectivity index (χ1v) is 19.0. The number of anilines is 3. The van der Waals surface area contributed by atoms with Crippen LogP contribution in [0.25, 0.3) is 93.3 Å². The zero-order chi connectivity index (χ0) is 36.7. The fraction of sp³-hybridized carbons (Fsp3) is 0. The van der Waals surface area contributed by atoms with Crippen LogP contribution in [0.2, 0.25) is 0 Å². The molecular formula is C52H32N2O2. The molecule has 0 saturated carbocycles. The predicted molar refractivity (Wildman–Crippen MR) is 233 cm³/mol. The Bertz CT molecular complexity index is 3480. The Morgan fingerprint density at radius 3 is 1.98 bits per heavy atom. The minimum absolute atomic E-state index is 0.854. The largest absolute Gasteiger partial charge is 0.456 e. The number of benzene rings is 9. The molecule has 4 heteroatoms. The Labute approximate surface area is 321 Å². The second-order valence-electron chi connectivity index (χ2n) is 14.5. The molecule has 4 nitrogen and oxygen atoms in total. The molecule has 0 bridgehead atoms. The van der Waals surface area contributed by atoms with Crippen molar-refractivity contribution in [3.8, 4) is 16.8 Å². The number of hydrogen-bond donors (Lipinski definition) is 0. The number of furan rings is 2. The molecule has 0 saturated heterocycles. The summed E-state index contributed by atoms with van der Waals surface area (Å²) >= 11 is 0. The Morgan fingerprint density at radius 1 is 0.393 bits per heavy atom. The Balaban J connectivity index is 1.08. The monoisotopic (exact) mass is 716 g/mol. The minimum Gasteiger partial charge on any atom is -0.456 e. The lowest BCUT2D eigenvalue weighted by molar-refractivity contribution is 0.669. The molecule has 0 N–H and O–H groups in total. The van der Waals surface area contributed by atoms with Crippen molar-refractivity contribution in [1.29, 1.82) is 0 Å². The summed E-state index contributed by atoms with van der Waals surface area (Å²) in [4.78, 5) is 2.36. The molecule has 56 heavy (non-hydrogen) atoms. The van der Waals surface area contributed by atoms with Crippen molar-refractivity contribution in [2.75, 3.05) is 4.90 Å². The van der Waals surface area contributed by atoms with Crippen LogP contribution in [-0.4, -0.2) is 4.57 Å². The van der Waals surface area contributed by atoms with Gasteiger partial charge in [-0.3, -0.25) is 0 Å². The third-order valence-electron chi connectivity index (χ3n) is 11.4. The van der Waals surface area contributed by atoms with Crippen LogP contribution < -0.4 is 4.90 Å². The molecule has 0 fully saturated rings. The molecule has 262 valence electrons. The lowest BCUT2D eigenvalue weighted by Crippen LogP contribution is -2.10. The lowest BCUT2D eigenvalue weighted by atomic mass is 9.98. The quantitative estimate of drug-likeness (QED) is 0.178. The van der Waals surface area contributed by atoms with Crippen LogP contribution in [0.4, 0.5) is 17.1 Å². The van der Waals surface area contributed by atoms with Crippen molar-refractivity contribution in [3.05, 3.63) is 194 Å². The van der Waals surface area contributed by atoms with Crippen LogP contribution in [0.3, 0.4) is 0 Å². The average Bonchev–Trinajstić information content (AvgIpc) is 3.94. The van der Waals surface area contributed by atoms with E-state index in [9.17, 15) is 0 Å². The number of aromatic nitrogens is 1. The van der Waals surface area contributed by atoms with Crippen LogP contribution in [0.15, 0.2) is 203 Å². The van der Waals surface area contributed by atoms with Crippen LogP contribution >= 0.6 is 0 Å². The van der Waals surface area contributed by atoms with Crippen LogP contribution in [0.5, 0.6) is 0 Å². The number of rotatable bonds is 5. The van der Waals surface area contributed by atoms with Gasteiger partial charge in [0.05, 0.1) is 22.1 Å². The van der Waals surface area contributed by atoms with Gasteiger partial charge in [-0.1, -0.05) is 115 Å². The van der Waals surface area contributed by atoms with Gasteiger partial charge >= 0.3 is 0 Å². The molecule has 12 aromatic rings. The molecule has 0 unspecified atom stereocenters. The van der Waals surface area contributed by atoms with E-state index < -0.39 is 0 Å². The number of hydrogen-bond acceptors (Lipinski definition) is 3. The highest BCUT2D eigenvalue weighted by Gasteiger charge is 2.22. The van der Waals surface area contributed by atoms with Gasteiger partial charge in [0, 0.05) is 49.4 Å². The van der Waals surface area contributed by atoms with Gasteiger partial charge in [0.25, 0.3) is 0 Å². The first kappa shape index (κ1) is 30.9. The Morgan fingerprint density at radius 2 is 1.09 bits per heavy atom. The summed E-state index contributed by atoms with van der Waals surface area (Å²) in [5.74, 6) is 0. The second-order valence-corrected chi connectivity index (χ2v) is 14.5. The van der Waals surface area contributed by atoms with Crippen LogP contribution in [0.1, 0.15) is 0 Å². The highest BCUT2D eigenvalue weighted by atomic mass is 16.3. The molecule has 0 aliphatic rings. The smallest absolute Gasteiger partial charge is 0.143 e. The maximum absolute atomic E-state index is 6.69. The first-order chi connectivity index (χ1) is 27.8. The SMILES string of the molecule is c1ccc(-n2c3ccccc3c3c(-c4ccc(N(c5ccc6oc7ccccc7c6c5)c5cccc6oc7c8ccccc8ccc7c56)cc4)cccc32)cc1. The molecule has 0 spiro atoms. The maximum Gasteiger partial charge on any atom is 0.143 e. The van der Waals surface area contributed by atoms with Gasteiger partial charge in [-0.05, 0) is 95.4 Å². The van der Waals surface area contributed by atoms with Crippen molar-refractivity contribution in [1.82, 2.24) is 4.57 Å². The predicted octanol–water partition coefficient (Wildman–Crippen LogP) is 14.9. The molecular weight excluding hydrogens is 685 g/mol. The number of nitrogens with zero attached hydrogens (tertiary/aromatic N) is 2. The molecule has 0 radical (unpaired) electrons. The van der Waals surface area contributed by atoms with Crippen molar-refractivity contribution < 1.29 is 8.83 Å². The molecule has 0 atom stereocenters. The van der Waals surface area contributed by atoms with E-state index in [0.717, 1.165) is 83.0 Å². The standard InChI is InChI=1S/C52H32N2O2/c1-2-13-35(14-3-1)54-44-19-8-6-17-41(44)50-38(18-10-20-45(50)54)34-24-27-36(28-25-34)53(37-29-31-48-43(32-37)40-16-7-9-22-47(40)55-48)46-21-11-23-49-51(46)42-30-26-33-12-4-5-15-39(33)52(42)56-49/h1-32H. The molecule has 3 heterocycles. The average molecular weight is 717 g/mol. The van der Waals surface area contributed by atoms with Gasteiger partial charge < -0.3 is 18.3 Å². The van der Waals surface area contributed by atoms with Crippen LogP contribution in [0, 0.1) is 0 Å². The van der Waals surface area contributed by atoms with E-state index in [-0.39, 0.29) is 0 Å². The summed E-state index contributed by atoms with van der Waals surface area (Å²) in [5, 5.41) is 9.09. The number of fused-ring (bicyclic) bond motifs is 11. The second kappa shape index (κ2) is 12.0. The molecule has 0 aliphatic heterocycles. The van der Waals surface area contributed by atoms with Gasteiger partial charge in [0.15, 0.2) is 0 Å². The normalized spacial score (nSPS) is 11.9. The van der Waals surface area contributed by atoms with Crippen LogP contribution in [-0.2, 0) is 0 Å². The van der Waals surface area contributed by atoms with E-state index in [4.69, 9.17) is 8.83 Å². The summed E-state index contributed by atoms with van der Waals surface area (Å²) in [6, 6.07) is 69.0. The topological polar surface area (TPSA) is 34.5 Å². The van der Waals surface area contributed by atoms with Gasteiger partial charge in [-0.25, -0.2) is 0 Å². The highest BCUT2D eigenvalue weighted by molar-refractivity contribution is 6.20. The van der Waals surface area contributed by atoms with Gasteiger partial charge in [0.1, 0.15) is 22.3 Å². The van der Waals surface area contributed by atoms with Gasteiger partial charge in [-0.15, -0.1) is 0 Å². The zero-order valence-corrected chi connectivity index (χ0v) is 30.2. The minimum atomic E-state index is 0.854. The van der Waals surface area contributed by atoms with E-state index in [1.165, 1.54) is 27.4 Å². The van der Waals surface area contributed by atoms with Gasteiger partial charge in [-0.2, -0.15) is 0 Å². The highest BCUT2D eigenvalue weighted by Crippen LogP contribution is 2.46. The van der Waals surface area contributed by atoms with Crippen molar-refractivity contribution in [2.24, 2.45) is 0 Å². The van der Waals surface area contributed by atoms with Crippen molar-refractivity contribution in [2.45, 2.75) is 0 Å².